The smallest absolute Gasteiger partial charge is 0.304 e. The maximum atomic E-state index is 11.2. The molecule has 0 saturated heterocycles. The third-order valence-electron chi connectivity index (χ3n) is 1.83. The second-order valence-electron chi connectivity index (χ2n) is 3.13. The minimum atomic E-state index is -0.946. The summed E-state index contributed by atoms with van der Waals surface area (Å²) in [5.74, 6) is -1.05. The summed E-state index contributed by atoms with van der Waals surface area (Å²) in [6.45, 7) is 1.42. The highest BCUT2D eigenvalue weighted by molar-refractivity contribution is 8.00. The molecule has 0 aliphatic carbocycles. The Kier molecular flexibility index (Phi) is 4.37. The van der Waals surface area contributed by atoms with Crippen LogP contribution in [0.3, 0.4) is 0 Å². The molecule has 0 fully saturated rings. The Hall–Kier alpha value is -1.29. The highest BCUT2D eigenvalue weighted by atomic mass is 32.2. The molecule has 80 valence electrons. The van der Waals surface area contributed by atoms with Gasteiger partial charge in [0.2, 0.25) is 0 Å². The molecule has 0 amide bonds. The van der Waals surface area contributed by atoms with E-state index in [1.165, 1.54) is 18.7 Å². The van der Waals surface area contributed by atoms with Crippen molar-refractivity contribution < 1.29 is 14.7 Å². The molecule has 15 heavy (non-hydrogen) atoms. The van der Waals surface area contributed by atoms with Gasteiger partial charge < -0.3 is 5.11 Å². The zero-order valence-electron chi connectivity index (χ0n) is 8.34. The third kappa shape index (κ3) is 4.16. The summed E-state index contributed by atoms with van der Waals surface area (Å²) in [6, 6.07) is 9.33. The van der Waals surface area contributed by atoms with Crippen molar-refractivity contribution in [2.24, 2.45) is 0 Å². The molecule has 3 nitrogen and oxygen atoms in total. The van der Waals surface area contributed by atoms with Crippen molar-refractivity contribution in [3.63, 3.8) is 0 Å². The standard InChI is InChI=1S/C11H12O3S/c1-8(12)10(7-11(13)14)15-9-5-3-2-4-6-9/h2-6,10H,7H2,1H3,(H,13,14). The van der Waals surface area contributed by atoms with Gasteiger partial charge in [0, 0.05) is 4.90 Å². The van der Waals surface area contributed by atoms with Gasteiger partial charge in [0.1, 0.15) is 5.78 Å². The van der Waals surface area contributed by atoms with Gasteiger partial charge in [0.15, 0.2) is 0 Å². The van der Waals surface area contributed by atoms with Crippen LogP contribution < -0.4 is 0 Å². The van der Waals surface area contributed by atoms with Gasteiger partial charge in [-0.3, -0.25) is 9.59 Å². The molecule has 0 aliphatic heterocycles. The summed E-state index contributed by atoms with van der Waals surface area (Å²) in [5.41, 5.74) is 0. The van der Waals surface area contributed by atoms with E-state index < -0.39 is 11.2 Å². The Morgan fingerprint density at radius 2 is 1.93 bits per heavy atom. The number of hydrogen-bond acceptors (Lipinski definition) is 3. The van der Waals surface area contributed by atoms with Gasteiger partial charge in [-0.05, 0) is 19.1 Å². The van der Waals surface area contributed by atoms with Gasteiger partial charge in [-0.15, -0.1) is 11.8 Å². The average Bonchev–Trinajstić information content (AvgIpc) is 2.17. The number of rotatable bonds is 5. The molecule has 1 aromatic carbocycles. The lowest BCUT2D eigenvalue weighted by Gasteiger charge is -2.10. The molecule has 0 saturated carbocycles. The monoisotopic (exact) mass is 224 g/mol. The Morgan fingerprint density at radius 1 is 1.33 bits per heavy atom. The second-order valence-corrected chi connectivity index (χ2v) is 4.40. The van der Waals surface area contributed by atoms with Crippen molar-refractivity contribution in [2.45, 2.75) is 23.5 Å². The van der Waals surface area contributed by atoms with E-state index >= 15 is 0 Å². The number of carboxylic acids is 1. The van der Waals surface area contributed by atoms with Gasteiger partial charge >= 0.3 is 5.97 Å². The predicted octanol–water partition coefficient (Wildman–Crippen LogP) is 2.21. The third-order valence-corrected chi connectivity index (χ3v) is 3.16. The van der Waals surface area contributed by atoms with Crippen molar-refractivity contribution in [1.82, 2.24) is 0 Å². The topological polar surface area (TPSA) is 54.4 Å². The van der Waals surface area contributed by atoms with E-state index in [9.17, 15) is 9.59 Å². The van der Waals surface area contributed by atoms with E-state index in [0.717, 1.165) is 4.90 Å². The quantitative estimate of drug-likeness (QED) is 0.779. The zero-order chi connectivity index (χ0) is 11.3. The summed E-state index contributed by atoms with van der Waals surface area (Å²) < 4.78 is 0. The number of carboxylic acid groups (broad SMARTS) is 1. The van der Waals surface area contributed by atoms with Crippen LogP contribution in [0.5, 0.6) is 0 Å². The van der Waals surface area contributed by atoms with Gasteiger partial charge in [-0.2, -0.15) is 0 Å². The number of hydrogen-bond donors (Lipinski definition) is 1. The molecule has 0 aromatic heterocycles. The number of carbonyl (C=O) groups excluding carboxylic acids is 1. The molecule has 0 bridgehead atoms. The number of carbonyl (C=O) groups is 2. The maximum Gasteiger partial charge on any atom is 0.304 e. The van der Waals surface area contributed by atoms with E-state index in [1.54, 1.807) is 0 Å². The van der Waals surface area contributed by atoms with Crippen LogP contribution in [0.15, 0.2) is 35.2 Å². The molecule has 1 aromatic rings. The largest absolute Gasteiger partial charge is 0.481 e. The molecule has 0 aliphatic rings. The fourth-order valence-electron chi connectivity index (χ4n) is 1.09. The Labute approximate surface area is 92.5 Å². The van der Waals surface area contributed by atoms with Crippen molar-refractivity contribution in [3.05, 3.63) is 30.3 Å². The fraction of sp³-hybridized carbons (Fsp3) is 0.273. The lowest BCUT2D eigenvalue weighted by molar-refractivity contribution is -0.138. The number of aliphatic carboxylic acids is 1. The predicted molar refractivity (Wildman–Crippen MR) is 59.0 cm³/mol. The van der Waals surface area contributed by atoms with Gasteiger partial charge in [-0.1, -0.05) is 18.2 Å². The van der Waals surface area contributed by atoms with Crippen LogP contribution >= 0.6 is 11.8 Å². The van der Waals surface area contributed by atoms with Crippen LogP contribution in [0.25, 0.3) is 0 Å². The number of thioether (sulfide) groups is 1. The summed E-state index contributed by atoms with van der Waals surface area (Å²) >= 11 is 1.29. The van der Waals surface area contributed by atoms with E-state index in [2.05, 4.69) is 0 Å². The second kappa shape index (κ2) is 5.56. The van der Waals surface area contributed by atoms with E-state index in [0.29, 0.717) is 0 Å². The van der Waals surface area contributed by atoms with Gasteiger partial charge in [-0.25, -0.2) is 0 Å². The van der Waals surface area contributed by atoms with Crippen molar-refractivity contribution in [3.8, 4) is 0 Å². The first-order valence-electron chi connectivity index (χ1n) is 4.53. The first kappa shape index (κ1) is 11.8. The highest BCUT2D eigenvalue weighted by Gasteiger charge is 2.18. The summed E-state index contributed by atoms with van der Waals surface area (Å²) in [7, 11) is 0. The summed E-state index contributed by atoms with van der Waals surface area (Å²) in [5, 5.41) is 8.15. The maximum absolute atomic E-state index is 11.2. The lowest BCUT2D eigenvalue weighted by Crippen LogP contribution is -2.17. The molecule has 1 unspecified atom stereocenters. The summed E-state index contributed by atoms with van der Waals surface area (Å²) in [4.78, 5) is 22.7. The normalized spacial score (nSPS) is 12.1. The number of Topliss-reactive ketones (excluding diaryl/α,β-unsaturated/α-hetero) is 1. The molecule has 0 heterocycles. The minimum Gasteiger partial charge on any atom is -0.481 e. The van der Waals surface area contributed by atoms with Crippen LogP contribution in [0.1, 0.15) is 13.3 Å². The first-order chi connectivity index (χ1) is 7.09. The minimum absolute atomic E-state index is 0.105. The van der Waals surface area contributed by atoms with E-state index in [1.807, 2.05) is 30.3 Å². The van der Waals surface area contributed by atoms with Crippen LogP contribution in [0.4, 0.5) is 0 Å². The Balaban J connectivity index is 2.67. The highest BCUT2D eigenvalue weighted by Crippen LogP contribution is 2.25. The molecule has 0 spiro atoms. The van der Waals surface area contributed by atoms with Gasteiger partial charge in [0.05, 0.1) is 11.7 Å². The molecule has 4 heteroatoms. The average molecular weight is 224 g/mol. The molecule has 1 N–H and O–H groups in total. The Morgan fingerprint density at radius 3 is 2.40 bits per heavy atom. The van der Waals surface area contributed by atoms with Crippen LogP contribution in [0.2, 0.25) is 0 Å². The van der Waals surface area contributed by atoms with E-state index in [4.69, 9.17) is 5.11 Å². The van der Waals surface area contributed by atoms with Crippen molar-refractivity contribution >= 4 is 23.5 Å². The molecular formula is C11H12O3S. The molecular weight excluding hydrogens is 212 g/mol. The Bertz CT molecular complexity index is 348. The van der Waals surface area contributed by atoms with Crippen molar-refractivity contribution in [2.75, 3.05) is 0 Å². The van der Waals surface area contributed by atoms with Crippen LogP contribution in [-0.4, -0.2) is 22.1 Å². The molecule has 1 rings (SSSR count). The molecule has 0 radical (unpaired) electrons. The SMILES string of the molecule is CC(=O)C(CC(=O)O)Sc1ccccc1. The van der Waals surface area contributed by atoms with Gasteiger partial charge in [0.25, 0.3) is 0 Å². The fourth-order valence-corrected chi connectivity index (χ4v) is 2.12. The number of benzene rings is 1. The van der Waals surface area contributed by atoms with Crippen LogP contribution in [0, 0.1) is 0 Å². The zero-order valence-corrected chi connectivity index (χ0v) is 9.16. The van der Waals surface area contributed by atoms with E-state index in [-0.39, 0.29) is 12.2 Å². The first-order valence-corrected chi connectivity index (χ1v) is 5.41. The number of ketones is 1. The molecule has 1 atom stereocenters. The lowest BCUT2D eigenvalue weighted by atomic mass is 10.2. The van der Waals surface area contributed by atoms with Crippen LogP contribution in [-0.2, 0) is 9.59 Å². The van der Waals surface area contributed by atoms with Crippen molar-refractivity contribution in [1.29, 1.82) is 0 Å². The summed E-state index contributed by atoms with van der Waals surface area (Å²) in [6.07, 6.45) is -0.130.